The van der Waals surface area contributed by atoms with Gasteiger partial charge in [0.25, 0.3) is 5.91 Å². The van der Waals surface area contributed by atoms with Crippen molar-refractivity contribution in [2.24, 2.45) is 5.92 Å². The van der Waals surface area contributed by atoms with Crippen LogP contribution in [0.5, 0.6) is 0 Å². The van der Waals surface area contributed by atoms with Crippen molar-refractivity contribution in [1.82, 2.24) is 5.32 Å². The molecule has 4 nitrogen and oxygen atoms in total. The van der Waals surface area contributed by atoms with E-state index in [4.69, 9.17) is 4.74 Å². The molecule has 1 aromatic carbocycles. The first kappa shape index (κ1) is 14.6. The minimum atomic E-state index is -0.461. The smallest absolute Gasteiger partial charge is 0.338 e. The van der Waals surface area contributed by atoms with Gasteiger partial charge in [-0.2, -0.15) is 0 Å². The Balaban J connectivity index is 1.76. The molecule has 1 fully saturated rings. The van der Waals surface area contributed by atoms with E-state index >= 15 is 0 Å². The molecular formula is C16H21NO3. The molecule has 1 amide bonds. The highest BCUT2D eigenvalue weighted by atomic mass is 16.5. The Kier molecular flexibility index (Phi) is 5.16. The number of hydrogen-bond donors (Lipinski definition) is 1. The molecule has 0 bridgehead atoms. The van der Waals surface area contributed by atoms with Gasteiger partial charge in [0, 0.05) is 6.04 Å². The third-order valence-corrected chi connectivity index (χ3v) is 3.80. The highest BCUT2D eigenvalue weighted by molar-refractivity contribution is 5.91. The van der Waals surface area contributed by atoms with E-state index in [2.05, 4.69) is 12.2 Å². The van der Waals surface area contributed by atoms with Crippen LogP contribution in [0, 0.1) is 5.92 Å². The maximum atomic E-state index is 11.8. The van der Waals surface area contributed by atoms with Crippen LogP contribution in [-0.2, 0) is 9.53 Å². The number of hydrogen-bond acceptors (Lipinski definition) is 3. The van der Waals surface area contributed by atoms with Gasteiger partial charge in [0.15, 0.2) is 6.61 Å². The van der Waals surface area contributed by atoms with Crippen molar-refractivity contribution in [3.8, 4) is 0 Å². The van der Waals surface area contributed by atoms with Crippen molar-refractivity contribution in [2.75, 3.05) is 6.61 Å². The summed E-state index contributed by atoms with van der Waals surface area (Å²) in [6, 6.07) is 8.91. The van der Waals surface area contributed by atoms with Crippen LogP contribution in [0.1, 0.15) is 43.0 Å². The molecule has 0 spiro atoms. The molecule has 108 valence electrons. The predicted octanol–water partition coefficient (Wildman–Crippen LogP) is 2.54. The van der Waals surface area contributed by atoms with Gasteiger partial charge >= 0.3 is 5.97 Å². The summed E-state index contributed by atoms with van der Waals surface area (Å²) < 4.78 is 5.02. The summed E-state index contributed by atoms with van der Waals surface area (Å²) in [5, 5.41) is 2.96. The average Bonchev–Trinajstić information content (AvgIpc) is 2.48. The van der Waals surface area contributed by atoms with Crippen molar-refractivity contribution in [3.05, 3.63) is 35.9 Å². The molecule has 1 saturated carbocycles. The lowest BCUT2D eigenvalue weighted by Crippen LogP contribution is -2.42. The highest BCUT2D eigenvalue weighted by Gasteiger charge is 2.23. The standard InChI is InChI=1S/C16H21NO3/c1-12-7-5-6-10-14(12)17-15(18)11-20-16(19)13-8-3-2-4-9-13/h2-4,8-9,12,14H,5-7,10-11H2,1H3,(H,17,18)/t12-,14-/m1/s1. The maximum Gasteiger partial charge on any atom is 0.338 e. The molecule has 0 unspecified atom stereocenters. The zero-order chi connectivity index (χ0) is 14.4. The second-order valence-electron chi connectivity index (χ2n) is 5.38. The van der Waals surface area contributed by atoms with Crippen LogP contribution in [0.25, 0.3) is 0 Å². The molecule has 1 aliphatic rings. The summed E-state index contributed by atoms with van der Waals surface area (Å²) in [5.41, 5.74) is 0.464. The summed E-state index contributed by atoms with van der Waals surface area (Å²) in [4.78, 5) is 23.5. The Labute approximate surface area is 119 Å². The monoisotopic (exact) mass is 275 g/mol. The van der Waals surface area contributed by atoms with Crippen LogP contribution in [0.3, 0.4) is 0 Å². The second kappa shape index (κ2) is 7.08. The Morgan fingerprint density at radius 3 is 2.60 bits per heavy atom. The largest absolute Gasteiger partial charge is 0.452 e. The third-order valence-electron chi connectivity index (χ3n) is 3.80. The summed E-state index contributed by atoms with van der Waals surface area (Å²) in [6.07, 6.45) is 4.55. The molecule has 2 rings (SSSR count). The summed E-state index contributed by atoms with van der Waals surface area (Å²) in [5.74, 6) is -0.178. The zero-order valence-corrected chi connectivity index (χ0v) is 11.8. The number of esters is 1. The molecule has 1 aromatic rings. The Morgan fingerprint density at radius 2 is 1.90 bits per heavy atom. The first-order valence-corrected chi connectivity index (χ1v) is 7.18. The number of carbonyl (C=O) groups is 2. The van der Waals surface area contributed by atoms with Crippen LogP contribution in [0.4, 0.5) is 0 Å². The van der Waals surface area contributed by atoms with E-state index in [9.17, 15) is 9.59 Å². The molecule has 4 heteroatoms. The highest BCUT2D eigenvalue weighted by Crippen LogP contribution is 2.23. The predicted molar refractivity (Wildman–Crippen MR) is 76.3 cm³/mol. The quantitative estimate of drug-likeness (QED) is 0.859. The lowest BCUT2D eigenvalue weighted by Gasteiger charge is -2.29. The number of rotatable bonds is 4. The van der Waals surface area contributed by atoms with E-state index in [1.807, 2.05) is 6.07 Å². The van der Waals surface area contributed by atoms with Gasteiger partial charge in [0.05, 0.1) is 5.56 Å². The van der Waals surface area contributed by atoms with Crippen molar-refractivity contribution in [3.63, 3.8) is 0 Å². The van der Waals surface area contributed by atoms with Gasteiger partial charge in [0.1, 0.15) is 0 Å². The van der Waals surface area contributed by atoms with Crippen molar-refractivity contribution in [2.45, 2.75) is 38.6 Å². The Morgan fingerprint density at radius 1 is 1.20 bits per heavy atom. The number of ether oxygens (including phenoxy) is 1. The van der Waals surface area contributed by atoms with Crippen molar-refractivity contribution < 1.29 is 14.3 Å². The third kappa shape index (κ3) is 4.08. The van der Waals surface area contributed by atoms with E-state index in [0.717, 1.165) is 19.3 Å². The first-order valence-electron chi connectivity index (χ1n) is 7.18. The number of carbonyl (C=O) groups excluding carboxylic acids is 2. The maximum absolute atomic E-state index is 11.8. The number of nitrogens with one attached hydrogen (secondary N) is 1. The molecule has 20 heavy (non-hydrogen) atoms. The van der Waals surface area contributed by atoms with E-state index in [0.29, 0.717) is 11.5 Å². The van der Waals surface area contributed by atoms with Gasteiger partial charge in [-0.05, 0) is 30.9 Å². The molecule has 1 aliphatic carbocycles. The minimum Gasteiger partial charge on any atom is -0.452 e. The Hall–Kier alpha value is -1.84. The number of amides is 1. The fourth-order valence-corrected chi connectivity index (χ4v) is 2.57. The van der Waals surface area contributed by atoms with Gasteiger partial charge < -0.3 is 10.1 Å². The molecule has 0 aliphatic heterocycles. The van der Waals surface area contributed by atoms with Gasteiger partial charge in [0.2, 0.25) is 0 Å². The van der Waals surface area contributed by atoms with Crippen molar-refractivity contribution >= 4 is 11.9 Å². The SMILES string of the molecule is C[C@@H]1CCCC[C@H]1NC(=O)COC(=O)c1ccccc1. The number of benzene rings is 1. The Bertz CT molecular complexity index is 458. The van der Waals surface area contributed by atoms with E-state index < -0.39 is 5.97 Å². The topological polar surface area (TPSA) is 55.4 Å². The van der Waals surface area contributed by atoms with Gasteiger partial charge in [-0.3, -0.25) is 4.79 Å². The van der Waals surface area contributed by atoms with Crippen LogP contribution in [0.15, 0.2) is 30.3 Å². The minimum absolute atomic E-state index is 0.211. The first-order chi connectivity index (χ1) is 9.66. The van der Waals surface area contributed by atoms with Crippen molar-refractivity contribution in [1.29, 1.82) is 0 Å². The van der Waals surface area contributed by atoms with E-state index in [1.165, 1.54) is 6.42 Å². The molecule has 0 saturated heterocycles. The fourth-order valence-electron chi connectivity index (χ4n) is 2.57. The lowest BCUT2D eigenvalue weighted by molar-refractivity contribution is -0.125. The molecule has 2 atom stereocenters. The van der Waals surface area contributed by atoms with Crippen LogP contribution < -0.4 is 5.32 Å². The summed E-state index contributed by atoms with van der Waals surface area (Å²) in [7, 11) is 0. The lowest BCUT2D eigenvalue weighted by atomic mass is 9.86. The van der Waals surface area contributed by atoms with E-state index in [1.54, 1.807) is 24.3 Å². The molecule has 0 aromatic heterocycles. The summed E-state index contributed by atoms with van der Waals surface area (Å²) >= 11 is 0. The van der Waals surface area contributed by atoms with Gasteiger partial charge in [-0.1, -0.05) is 38.0 Å². The molecular weight excluding hydrogens is 254 g/mol. The second-order valence-corrected chi connectivity index (χ2v) is 5.38. The van der Waals surface area contributed by atoms with Gasteiger partial charge in [-0.15, -0.1) is 0 Å². The molecule has 1 N–H and O–H groups in total. The van der Waals surface area contributed by atoms with Crippen LogP contribution in [-0.4, -0.2) is 24.5 Å². The normalized spacial score (nSPS) is 22.1. The van der Waals surface area contributed by atoms with E-state index in [-0.39, 0.29) is 18.6 Å². The van der Waals surface area contributed by atoms with Crippen LogP contribution in [0.2, 0.25) is 0 Å². The summed E-state index contributed by atoms with van der Waals surface area (Å²) in [6.45, 7) is 1.94. The molecule has 0 radical (unpaired) electrons. The fraction of sp³-hybridized carbons (Fsp3) is 0.500. The van der Waals surface area contributed by atoms with Gasteiger partial charge in [-0.25, -0.2) is 4.79 Å². The molecule has 0 heterocycles. The zero-order valence-electron chi connectivity index (χ0n) is 11.8. The average molecular weight is 275 g/mol. The van der Waals surface area contributed by atoms with Crippen LogP contribution >= 0.6 is 0 Å².